The molecule has 4 rings (SSSR count). The summed E-state index contributed by atoms with van der Waals surface area (Å²) in [5.41, 5.74) is 4.05. The summed E-state index contributed by atoms with van der Waals surface area (Å²) in [6.45, 7) is 8.65. The van der Waals surface area contributed by atoms with Gasteiger partial charge >= 0.3 is 0 Å². The molecule has 2 heterocycles. The summed E-state index contributed by atoms with van der Waals surface area (Å²) in [4.78, 5) is 3.78. The molecule has 0 N–H and O–H groups in total. The van der Waals surface area contributed by atoms with E-state index in [1.165, 1.54) is 47.6 Å². The monoisotopic (exact) mass is 432 g/mol. The summed E-state index contributed by atoms with van der Waals surface area (Å²) < 4.78 is 0. The number of hydrogen-bond acceptors (Lipinski definition) is 2. The van der Waals surface area contributed by atoms with E-state index in [0.717, 1.165) is 4.91 Å². The first-order chi connectivity index (χ1) is 14.0. The van der Waals surface area contributed by atoms with Crippen LogP contribution in [0.2, 0.25) is 0 Å². The summed E-state index contributed by atoms with van der Waals surface area (Å²) in [7, 11) is -0.624. The van der Waals surface area contributed by atoms with Crippen molar-refractivity contribution in [3.8, 4) is 16.4 Å². The fourth-order valence-electron chi connectivity index (χ4n) is 4.02. The molecule has 1 atom stereocenters. The Balaban J connectivity index is 2.21. The summed E-state index contributed by atoms with van der Waals surface area (Å²) in [5.74, 6) is 0. The van der Waals surface area contributed by atoms with Gasteiger partial charge in [0, 0.05) is 25.7 Å². The topological polar surface area (TPSA) is 0 Å². The van der Waals surface area contributed by atoms with Crippen LogP contribution in [0, 0.1) is 13.8 Å². The number of fused-ring (bicyclic) bond motifs is 1. The number of allylic oxidation sites excluding steroid dienone is 4. The minimum atomic E-state index is -0.624. The second kappa shape index (κ2) is 8.40. The summed E-state index contributed by atoms with van der Waals surface area (Å²) in [6.07, 6.45) is 4.46. The summed E-state index contributed by atoms with van der Waals surface area (Å²) in [5, 5.41) is 5.67. The van der Waals surface area contributed by atoms with Gasteiger partial charge in [0.2, 0.25) is 0 Å². The highest BCUT2D eigenvalue weighted by molar-refractivity contribution is 7.84. The molecule has 3 heteroatoms. The zero-order chi connectivity index (χ0) is 20.5. The fraction of sp³-hybridized carbons (Fsp3) is 0.154. The first-order valence-electron chi connectivity index (χ1n) is 9.81. The van der Waals surface area contributed by atoms with Gasteiger partial charge in [-0.25, -0.2) is 0 Å². The predicted octanol–water partition coefficient (Wildman–Crippen LogP) is 9.40. The molecule has 4 aromatic rings. The van der Waals surface area contributed by atoms with Gasteiger partial charge in [0.1, 0.15) is 0 Å². The number of benzene rings is 2. The molecule has 2 aromatic heterocycles. The SMILES string of the molecule is C/C=C(/C=C(/C)S)c1c(-c2cc(C)sc2C)c2ccccc2p1-c1ccccc1. The number of thiol groups is 1. The Labute approximate surface area is 184 Å². The Bertz CT molecular complexity index is 1230. The minimum Gasteiger partial charge on any atom is -0.148 e. The van der Waals surface area contributed by atoms with E-state index in [1.54, 1.807) is 0 Å². The molecule has 0 aliphatic heterocycles. The molecule has 0 bridgehead atoms. The van der Waals surface area contributed by atoms with Crippen LogP contribution in [0.4, 0.5) is 0 Å². The third-order valence-corrected chi connectivity index (χ3v) is 8.86. The van der Waals surface area contributed by atoms with E-state index < -0.39 is 7.53 Å². The molecule has 0 spiro atoms. The highest BCUT2D eigenvalue weighted by Gasteiger charge is 2.23. The minimum absolute atomic E-state index is 0.624. The summed E-state index contributed by atoms with van der Waals surface area (Å²) in [6, 6.07) is 22.3. The Kier molecular flexibility index (Phi) is 5.88. The maximum absolute atomic E-state index is 4.61. The maximum Gasteiger partial charge on any atom is 0.0144 e. The molecule has 0 aliphatic rings. The lowest BCUT2D eigenvalue weighted by Gasteiger charge is -2.12. The molecule has 0 aliphatic carbocycles. The maximum atomic E-state index is 4.61. The Morgan fingerprint density at radius 2 is 1.69 bits per heavy atom. The van der Waals surface area contributed by atoms with Crippen LogP contribution in [0.1, 0.15) is 28.9 Å². The van der Waals surface area contributed by atoms with Gasteiger partial charge in [0.25, 0.3) is 0 Å². The molecule has 0 saturated carbocycles. The van der Waals surface area contributed by atoms with Crippen LogP contribution in [-0.2, 0) is 0 Å². The molecule has 2 aromatic carbocycles. The molecule has 29 heavy (non-hydrogen) atoms. The lowest BCUT2D eigenvalue weighted by atomic mass is 9.99. The van der Waals surface area contributed by atoms with Crippen molar-refractivity contribution in [3.05, 3.63) is 92.8 Å². The standard InChI is InChI=1S/C26H25PS2/c1-5-20(15-17(2)28)26-25(23-16-18(3)29-19(23)4)22-13-9-10-14-24(22)27(26)21-11-7-6-8-12-21/h5-16,28H,1-4H3/b17-15-,20-5-. The number of hydrogen-bond donors (Lipinski definition) is 1. The molecule has 0 radical (unpaired) electrons. The van der Waals surface area contributed by atoms with E-state index in [-0.39, 0.29) is 0 Å². The zero-order valence-corrected chi connectivity index (χ0v) is 19.8. The van der Waals surface area contributed by atoms with Crippen LogP contribution in [0.25, 0.3) is 32.5 Å². The fourth-order valence-corrected chi connectivity index (χ4v) is 7.92. The third kappa shape index (κ3) is 3.78. The summed E-state index contributed by atoms with van der Waals surface area (Å²) >= 11 is 6.50. The second-order valence-electron chi connectivity index (χ2n) is 7.27. The van der Waals surface area contributed by atoms with E-state index in [0.29, 0.717) is 0 Å². The van der Waals surface area contributed by atoms with Gasteiger partial charge in [0.05, 0.1) is 0 Å². The van der Waals surface area contributed by atoms with Crippen LogP contribution < -0.4 is 0 Å². The van der Waals surface area contributed by atoms with Crippen molar-refractivity contribution in [1.29, 1.82) is 0 Å². The van der Waals surface area contributed by atoms with E-state index in [9.17, 15) is 0 Å². The highest BCUT2D eigenvalue weighted by Crippen LogP contribution is 2.59. The van der Waals surface area contributed by atoms with Gasteiger partial charge in [-0.05, 0) is 66.6 Å². The van der Waals surface area contributed by atoms with Gasteiger partial charge < -0.3 is 0 Å². The van der Waals surface area contributed by atoms with Gasteiger partial charge in [-0.15, -0.1) is 24.0 Å². The average Bonchev–Trinajstić information content (AvgIpc) is 3.22. The molecule has 0 amide bonds. The van der Waals surface area contributed by atoms with Gasteiger partial charge in [-0.1, -0.05) is 68.2 Å². The van der Waals surface area contributed by atoms with Gasteiger partial charge in [0.15, 0.2) is 0 Å². The van der Waals surface area contributed by atoms with E-state index >= 15 is 0 Å². The largest absolute Gasteiger partial charge is 0.148 e. The Morgan fingerprint density at radius 3 is 2.31 bits per heavy atom. The highest BCUT2D eigenvalue weighted by atomic mass is 32.1. The van der Waals surface area contributed by atoms with Crippen molar-refractivity contribution in [3.63, 3.8) is 0 Å². The van der Waals surface area contributed by atoms with E-state index in [2.05, 4.69) is 113 Å². The van der Waals surface area contributed by atoms with E-state index in [4.69, 9.17) is 0 Å². The average molecular weight is 433 g/mol. The second-order valence-corrected chi connectivity index (χ2v) is 11.6. The first-order valence-corrected chi connectivity index (χ1v) is 12.4. The lowest BCUT2D eigenvalue weighted by molar-refractivity contribution is 1.58. The molecule has 146 valence electrons. The van der Waals surface area contributed by atoms with E-state index in [1.807, 2.05) is 11.3 Å². The number of thiophene rings is 1. The van der Waals surface area contributed by atoms with Crippen LogP contribution in [0.15, 0.2) is 77.7 Å². The quantitative estimate of drug-likeness (QED) is 0.241. The Morgan fingerprint density at radius 1 is 1.00 bits per heavy atom. The van der Waals surface area contributed by atoms with Crippen LogP contribution >= 0.6 is 31.5 Å². The van der Waals surface area contributed by atoms with Crippen molar-refractivity contribution in [1.82, 2.24) is 0 Å². The lowest BCUT2D eigenvalue weighted by Crippen LogP contribution is -1.84. The zero-order valence-electron chi connectivity index (χ0n) is 17.2. The first kappa shape index (κ1) is 20.3. The van der Waals surface area contributed by atoms with Crippen molar-refractivity contribution in [2.24, 2.45) is 0 Å². The molecular weight excluding hydrogens is 407 g/mol. The van der Waals surface area contributed by atoms with Crippen LogP contribution in [0.5, 0.6) is 0 Å². The van der Waals surface area contributed by atoms with Gasteiger partial charge in [-0.3, -0.25) is 0 Å². The third-order valence-electron chi connectivity index (χ3n) is 5.15. The smallest absolute Gasteiger partial charge is 0.0144 e. The Hall–Kier alpha value is -1.99. The number of aryl methyl sites for hydroxylation is 2. The van der Waals surface area contributed by atoms with Crippen molar-refractivity contribution in [2.45, 2.75) is 27.7 Å². The molecule has 0 nitrogen and oxygen atoms in total. The molecule has 0 fully saturated rings. The van der Waals surface area contributed by atoms with Crippen LogP contribution in [-0.4, -0.2) is 0 Å². The molecule has 1 unspecified atom stereocenters. The molecule has 0 saturated heterocycles. The van der Waals surface area contributed by atoms with Crippen molar-refractivity contribution in [2.75, 3.05) is 0 Å². The molecular formula is C26H25PS2. The van der Waals surface area contributed by atoms with Crippen molar-refractivity contribution >= 4 is 47.6 Å². The van der Waals surface area contributed by atoms with Crippen molar-refractivity contribution < 1.29 is 0 Å². The van der Waals surface area contributed by atoms with Crippen LogP contribution in [0.3, 0.4) is 0 Å². The normalized spacial score (nSPS) is 13.3. The predicted molar refractivity (Wildman–Crippen MR) is 137 cm³/mol. The van der Waals surface area contributed by atoms with Gasteiger partial charge in [-0.2, -0.15) is 0 Å². The number of rotatable bonds is 4.